The van der Waals surface area contributed by atoms with E-state index in [-0.39, 0.29) is 0 Å². The molecule has 30 heavy (non-hydrogen) atoms. The van der Waals surface area contributed by atoms with Gasteiger partial charge in [0.05, 0.1) is 15.5 Å². The summed E-state index contributed by atoms with van der Waals surface area (Å²) >= 11 is 0. The fraction of sp³-hybridized carbons (Fsp3) is 0.0800. The van der Waals surface area contributed by atoms with Crippen molar-refractivity contribution in [2.24, 2.45) is 0 Å². The molecule has 5 rings (SSSR count). The lowest BCUT2D eigenvalue weighted by atomic mass is 10.0. The molecule has 3 aromatic carbocycles. The molecule has 0 unspecified atom stereocenters. The number of benzene rings is 3. The second-order valence-electron chi connectivity index (χ2n) is 8.13. The van der Waals surface area contributed by atoms with Gasteiger partial charge in [0.25, 0.3) is 0 Å². The Hall–Kier alpha value is -3.02. The predicted molar refractivity (Wildman–Crippen MR) is 124 cm³/mol. The standard InChI is InChI=1S/C25H21NO2SSi/c1-30(2,19-8-4-3-5-9-19)20-13-15-23(26-17-20)18-12-14-22-21-10-6-7-11-24(21)29(27,28)25(22)16-18/h3-17H,1-2H3. The van der Waals surface area contributed by atoms with Gasteiger partial charge in [0.2, 0.25) is 9.84 Å². The normalized spacial score (nSPS) is 14.2. The van der Waals surface area contributed by atoms with E-state index in [1.165, 1.54) is 10.4 Å². The van der Waals surface area contributed by atoms with Crippen molar-refractivity contribution in [3.05, 3.63) is 91.1 Å². The number of aromatic nitrogens is 1. The molecule has 3 nitrogen and oxygen atoms in total. The summed E-state index contributed by atoms with van der Waals surface area (Å²) in [5.41, 5.74) is 3.14. The molecule has 1 aliphatic rings. The Labute approximate surface area is 178 Å². The first-order valence-electron chi connectivity index (χ1n) is 9.90. The molecule has 0 amide bonds. The molecular weight excluding hydrogens is 406 g/mol. The zero-order valence-corrected chi connectivity index (χ0v) is 18.6. The number of nitrogens with zero attached hydrogens (tertiary/aromatic N) is 1. The van der Waals surface area contributed by atoms with Gasteiger partial charge in [0.15, 0.2) is 0 Å². The first-order chi connectivity index (χ1) is 14.4. The first-order valence-corrected chi connectivity index (χ1v) is 14.4. The van der Waals surface area contributed by atoms with Crippen LogP contribution in [0, 0.1) is 0 Å². The van der Waals surface area contributed by atoms with Crippen LogP contribution >= 0.6 is 0 Å². The minimum Gasteiger partial charge on any atom is -0.256 e. The van der Waals surface area contributed by atoms with Gasteiger partial charge in [-0.3, -0.25) is 4.98 Å². The van der Waals surface area contributed by atoms with Crippen molar-refractivity contribution in [1.82, 2.24) is 4.98 Å². The van der Waals surface area contributed by atoms with Crippen LogP contribution in [-0.4, -0.2) is 21.5 Å². The molecule has 1 aromatic heterocycles. The minimum atomic E-state index is -3.48. The number of fused-ring (bicyclic) bond motifs is 3. The van der Waals surface area contributed by atoms with Crippen LogP contribution in [0.5, 0.6) is 0 Å². The summed E-state index contributed by atoms with van der Waals surface area (Å²) in [5, 5.41) is 2.61. The molecule has 0 fully saturated rings. The molecular formula is C25H21NO2SSi. The summed E-state index contributed by atoms with van der Waals surface area (Å²) in [5.74, 6) is 0. The number of pyridine rings is 1. The van der Waals surface area contributed by atoms with Crippen LogP contribution in [0.3, 0.4) is 0 Å². The summed E-state index contributed by atoms with van der Waals surface area (Å²) in [6, 6.07) is 27.5. The van der Waals surface area contributed by atoms with Crippen LogP contribution in [0.25, 0.3) is 22.4 Å². The zero-order chi connectivity index (χ0) is 20.9. The fourth-order valence-corrected chi connectivity index (χ4v) is 8.08. The number of hydrogen-bond donors (Lipinski definition) is 0. The van der Waals surface area contributed by atoms with E-state index in [1.54, 1.807) is 18.2 Å². The van der Waals surface area contributed by atoms with Gasteiger partial charge >= 0.3 is 0 Å². The monoisotopic (exact) mass is 427 g/mol. The van der Waals surface area contributed by atoms with Crippen LogP contribution in [-0.2, 0) is 9.84 Å². The van der Waals surface area contributed by atoms with E-state index in [0.717, 1.165) is 22.4 Å². The van der Waals surface area contributed by atoms with E-state index in [4.69, 9.17) is 4.98 Å². The zero-order valence-electron chi connectivity index (χ0n) is 16.8. The summed E-state index contributed by atoms with van der Waals surface area (Å²) in [4.78, 5) is 5.45. The lowest BCUT2D eigenvalue weighted by Crippen LogP contribution is -2.52. The van der Waals surface area contributed by atoms with Gasteiger partial charge in [-0.25, -0.2) is 8.42 Å². The summed E-state index contributed by atoms with van der Waals surface area (Å²) < 4.78 is 26.0. The Kier molecular flexibility index (Phi) is 4.27. The number of hydrogen-bond acceptors (Lipinski definition) is 3. The van der Waals surface area contributed by atoms with Gasteiger partial charge in [0, 0.05) is 22.9 Å². The van der Waals surface area contributed by atoms with E-state index in [0.29, 0.717) is 9.79 Å². The minimum absolute atomic E-state index is 0.367. The largest absolute Gasteiger partial charge is 0.256 e. The Morgan fingerprint density at radius 1 is 0.700 bits per heavy atom. The maximum atomic E-state index is 13.0. The first kappa shape index (κ1) is 19.0. The molecule has 2 heterocycles. The molecule has 0 atom stereocenters. The summed E-state index contributed by atoms with van der Waals surface area (Å²) in [6.07, 6.45) is 1.95. The molecule has 1 aliphatic heterocycles. The van der Waals surface area contributed by atoms with Crippen molar-refractivity contribution >= 4 is 28.3 Å². The SMILES string of the molecule is C[Si](C)(c1ccccc1)c1ccc(-c2ccc3c(c2)S(=O)(=O)c2ccccc2-3)nc1. The van der Waals surface area contributed by atoms with Gasteiger partial charge in [-0.2, -0.15) is 0 Å². The highest BCUT2D eigenvalue weighted by Gasteiger charge is 2.33. The number of sulfone groups is 1. The summed E-state index contributed by atoms with van der Waals surface area (Å²) in [7, 11) is -5.30. The van der Waals surface area contributed by atoms with Crippen LogP contribution < -0.4 is 10.4 Å². The third kappa shape index (κ3) is 2.85. The molecule has 0 spiro atoms. The van der Waals surface area contributed by atoms with E-state index in [9.17, 15) is 8.42 Å². The number of rotatable bonds is 3. The maximum Gasteiger partial charge on any atom is 0.207 e. The van der Waals surface area contributed by atoms with Crippen LogP contribution in [0.2, 0.25) is 13.1 Å². The van der Waals surface area contributed by atoms with Crippen molar-refractivity contribution in [1.29, 1.82) is 0 Å². The average Bonchev–Trinajstić information content (AvgIpc) is 3.01. The van der Waals surface area contributed by atoms with E-state index in [2.05, 4.69) is 43.4 Å². The van der Waals surface area contributed by atoms with E-state index in [1.807, 2.05) is 42.6 Å². The van der Waals surface area contributed by atoms with Gasteiger partial charge < -0.3 is 0 Å². The highest BCUT2D eigenvalue weighted by atomic mass is 32.2. The second-order valence-corrected chi connectivity index (χ2v) is 14.4. The second kappa shape index (κ2) is 6.76. The topological polar surface area (TPSA) is 47.0 Å². The third-order valence-corrected chi connectivity index (χ3v) is 11.4. The Morgan fingerprint density at radius 3 is 2.13 bits per heavy atom. The average molecular weight is 428 g/mol. The molecule has 148 valence electrons. The van der Waals surface area contributed by atoms with Crippen molar-refractivity contribution in [2.75, 3.05) is 0 Å². The Bertz CT molecular complexity index is 1360. The van der Waals surface area contributed by atoms with Crippen molar-refractivity contribution < 1.29 is 8.42 Å². The quantitative estimate of drug-likeness (QED) is 0.401. The van der Waals surface area contributed by atoms with Gasteiger partial charge in [-0.1, -0.05) is 85.0 Å². The molecule has 0 bridgehead atoms. The van der Waals surface area contributed by atoms with Gasteiger partial charge in [0.1, 0.15) is 8.07 Å². The Morgan fingerprint density at radius 2 is 1.40 bits per heavy atom. The van der Waals surface area contributed by atoms with Crippen LogP contribution in [0.15, 0.2) is 101 Å². The van der Waals surface area contributed by atoms with Crippen molar-refractivity contribution in [2.45, 2.75) is 22.9 Å². The molecule has 0 saturated heterocycles. The third-order valence-electron chi connectivity index (χ3n) is 6.01. The van der Waals surface area contributed by atoms with E-state index >= 15 is 0 Å². The lowest BCUT2D eigenvalue weighted by molar-refractivity contribution is 0.598. The van der Waals surface area contributed by atoms with Crippen molar-refractivity contribution in [3.8, 4) is 22.4 Å². The highest BCUT2D eigenvalue weighted by Crippen LogP contribution is 2.44. The van der Waals surface area contributed by atoms with Crippen molar-refractivity contribution in [3.63, 3.8) is 0 Å². The molecule has 5 heteroatoms. The molecule has 0 radical (unpaired) electrons. The Balaban J connectivity index is 1.54. The van der Waals surface area contributed by atoms with Crippen LogP contribution in [0.1, 0.15) is 0 Å². The molecule has 4 aromatic rings. The maximum absolute atomic E-state index is 13.0. The predicted octanol–water partition coefficient (Wildman–Crippen LogP) is 4.38. The smallest absolute Gasteiger partial charge is 0.207 e. The molecule has 0 saturated carbocycles. The lowest BCUT2D eigenvalue weighted by Gasteiger charge is -2.23. The van der Waals surface area contributed by atoms with Crippen LogP contribution in [0.4, 0.5) is 0 Å². The van der Waals surface area contributed by atoms with Gasteiger partial charge in [-0.15, -0.1) is 0 Å². The van der Waals surface area contributed by atoms with E-state index < -0.39 is 17.9 Å². The fourth-order valence-electron chi connectivity index (χ4n) is 4.12. The molecule has 0 aliphatic carbocycles. The highest BCUT2D eigenvalue weighted by molar-refractivity contribution is 7.92. The van der Waals surface area contributed by atoms with Gasteiger partial charge in [-0.05, 0) is 23.4 Å². The summed E-state index contributed by atoms with van der Waals surface area (Å²) in [6.45, 7) is 4.64. The molecule has 0 N–H and O–H groups in total.